The fourth-order valence-corrected chi connectivity index (χ4v) is 2.04. The van der Waals surface area contributed by atoms with E-state index in [4.69, 9.17) is 5.73 Å². The first-order valence-electron chi connectivity index (χ1n) is 6.25. The van der Waals surface area contributed by atoms with Crippen LogP contribution < -0.4 is 10.6 Å². The molecule has 2 aromatic rings. The Morgan fingerprint density at radius 1 is 1.32 bits per heavy atom. The molecular formula is C15H18FN3. The van der Waals surface area contributed by atoms with Crippen LogP contribution in [0.25, 0.3) is 0 Å². The molecule has 0 aliphatic heterocycles. The summed E-state index contributed by atoms with van der Waals surface area (Å²) in [4.78, 5) is 6.18. The summed E-state index contributed by atoms with van der Waals surface area (Å²) in [6, 6.07) is 10.6. The quantitative estimate of drug-likeness (QED) is 0.918. The molecule has 2 rings (SSSR count). The summed E-state index contributed by atoms with van der Waals surface area (Å²) in [7, 11) is 1.94. The average molecular weight is 259 g/mol. The van der Waals surface area contributed by atoms with Crippen molar-refractivity contribution in [3.8, 4) is 0 Å². The topological polar surface area (TPSA) is 42.2 Å². The highest BCUT2D eigenvalue weighted by atomic mass is 19.1. The van der Waals surface area contributed by atoms with Gasteiger partial charge in [0.2, 0.25) is 0 Å². The maximum Gasteiger partial charge on any atom is 0.128 e. The molecule has 0 aliphatic rings. The Kier molecular flexibility index (Phi) is 4.12. The highest BCUT2D eigenvalue weighted by Gasteiger charge is 2.15. The lowest BCUT2D eigenvalue weighted by Crippen LogP contribution is -2.22. The number of halogens is 1. The van der Waals surface area contributed by atoms with Crippen molar-refractivity contribution in [3.05, 3.63) is 59.7 Å². The largest absolute Gasteiger partial charge is 0.368 e. The minimum atomic E-state index is -0.185. The highest BCUT2D eigenvalue weighted by molar-refractivity contribution is 5.48. The van der Waals surface area contributed by atoms with Gasteiger partial charge in [-0.1, -0.05) is 18.2 Å². The van der Waals surface area contributed by atoms with Crippen molar-refractivity contribution >= 4 is 5.69 Å². The van der Waals surface area contributed by atoms with Crippen molar-refractivity contribution in [2.45, 2.75) is 19.5 Å². The zero-order valence-electron chi connectivity index (χ0n) is 11.2. The Morgan fingerprint density at radius 2 is 2.05 bits per heavy atom. The van der Waals surface area contributed by atoms with E-state index in [1.54, 1.807) is 12.3 Å². The van der Waals surface area contributed by atoms with E-state index in [0.717, 1.165) is 11.4 Å². The average Bonchev–Trinajstić information content (AvgIpc) is 2.46. The number of anilines is 1. The van der Waals surface area contributed by atoms with Crippen molar-refractivity contribution in [3.63, 3.8) is 0 Å². The van der Waals surface area contributed by atoms with Gasteiger partial charge < -0.3 is 10.6 Å². The van der Waals surface area contributed by atoms with Crippen LogP contribution in [0, 0.1) is 5.82 Å². The smallest absolute Gasteiger partial charge is 0.128 e. The molecule has 1 unspecified atom stereocenters. The Labute approximate surface area is 112 Å². The summed E-state index contributed by atoms with van der Waals surface area (Å²) in [6.07, 6.45) is 1.72. The number of nitrogens with two attached hydrogens (primary N) is 1. The Bertz CT molecular complexity index is 557. The second-order valence-corrected chi connectivity index (χ2v) is 4.52. The van der Waals surface area contributed by atoms with Crippen LogP contribution in [0.3, 0.4) is 0 Å². The van der Waals surface area contributed by atoms with E-state index in [0.29, 0.717) is 12.1 Å². The molecule has 0 spiro atoms. The first-order chi connectivity index (χ1) is 9.13. The molecule has 0 saturated carbocycles. The number of benzene rings is 1. The molecule has 1 aromatic heterocycles. The van der Waals surface area contributed by atoms with E-state index >= 15 is 0 Å². The van der Waals surface area contributed by atoms with Crippen molar-refractivity contribution in [1.82, 2.24) is 4.98 Å². The number of nitrogens with zero attached hydrogens (tertiary/aromatic N) is 2. The van der Waals surface area contributed by atoms with Crippen molar-refractivity contribution in [2.75, 3.05) is 11.9 Å². The molecule has 1 aromatic carbocycles. The first kappa shape index (κ1) is 13.5. The molecule has 0 amide bonds. The molecule has 0 aliphatic carbocycles. The lowest BCUT2D eigenvalue weighted by molar-refractivity contribution is 0.585. The molecular weight excluding hydrogens is 241 g/mol. The minimum Gasteiger partial charge on any atom is -0.368 e. The summed E-state index contributed by atoms with van der Waals surface area (Å²) >= 11 is 0. The Hall–Kier alpha value is -1.94. The molecule has 0 radical (unpaired) electrons. The summed E-state index contributed by atoms with van der Waals surface area (Å²) in [5.74, 6) is -0.185. The van der Waals surface area contributed by atoms with Gasteiger partial charge in [-0.2, -0.15) is 0 Å². The van der Waals surface area contributed by atoms with E-state index in [2.05, 4.69) is 4.98 Å². The first-order valence-corrected chi connectivity index (χ1v) is 6.25. The zero-order chi connectivity index (χ0) is 13.8. The third-order valence-electron chi connectivity index (χ3n) is 3.35. The van der Waals surface area contributed by atoms with E-state index in [-0.39, 0.29) is 11.9 Å². The van der Waals surface area contributed by atoms with Crippen LogP contribution in [0.4, 0.5) is 10.1 Å². The van der Waals surface area contributed by atoms with E-state index in [1.165, 1.54) is 6.07 Å². The molecule has 4 heteroatoms. The predicted molar refractivity (Wildman–Crippen MR) is 75.3 cm³/mol. The van der Waals surface area contributed by atoms with Crippen molar-refractivity contribution < 1.29 is 4.39 Å². The molecule has 100 valence electrons. The molecule has 0 bridgehead atoms. The maximum atomic E-state index is 13.8. The normalized spacial score (nSPS) is 12.2. The van der Waals surface area contributed by atoms with E-state index in [1.807, 2.05) is 43.1 Å². The Balaban J connectivity index is 2.28. The van der Waals surface area contributed by atoms with E-state index in [9.17, 15) is 4.39 Å². The lowest BCUT2D eigenvalue weighted by Gasteiger charge is -2.27. The fourth-order valence-electron chi connectivity index (χ4n) is 2.04. The van der Waals surface area contributed by atoms with Gasteiger partial charge in [-0.05, 0) is 25.1 Å². The van der Waals surface area contributed by atoms with Gasteiger partial charge in [0.15, 0.2) is 0 Å². The minimum absolute atomic E-state index is 0.0609. The standard InChI is InChI=1S/C15H18FN3/c1-11(14-5-3-4-6-15(14)16)19(2)13-7-8-18-12(9-13)10-17/h3-9,11H,10,17H2,1-2H3. The van der Waals surface area contributed by atoms with Gasteiger partial charge in [0.05, 0.1) is 11.7 Å². The molecule has 0 fully saturated rings. The highest BCUT2D eigenvalue weighted by Crippen LogP contribution is 2.26. The van der Waals surface area contributed by atoms with Gasteiger partial charge in [0.25, 0.3) is 0 Å². The monoisotopic (exact) mass is 259 g/mol. The van der Waals surface area contributed by atoms with Gasteiger partial charge in [-0.25, -0.2) is 4.39 Å². The van der Waals surface area contributed by atoms with Crippen LogP contribution >= 0.6 is 0 Å². The van der Waals surface area contributed by atoms with Gasteiger partial charge in [0.1, 0.15) is 5.82 Å². The number of pyridine rings is 1. The third kappa shape index (κ3) is 2.90. The molecule has 2 N–H and O–H groups in total. The predicted octanol–water partition coefficient (Wildman–Crippen LogP) is 2.88. The summed E-state index contributed by atoms with van der Waals surface area (Å²) in [5, 5.41) is 0. The maximum absolute atomic E-state index is 13.8. The molecule has 1 atom stereocenters. The third-order valence-corrected chi connectivity index (χ3v) is 3.35. The van der Waals surface area contributed by atoms with Crippen LogP contribution in [-0.2, 0) is 6.54 Å². The van der Waals surface area contributed by atoms with Crippen molar-refractivity contribution in [1.29, 1.82) is 0 Å². The molecule has 0 saturated heterocycles. The molecule has 1 heterocycles. The SMILES string of the molecule is CC(c1ccccc1F)N(C)c1ccnc(CN)c1. The van der Waals surface area contributed by atoms with Crippen LogP contribution in [0.2, 0.25) is 0 Å². The number of hydrogen-bond donors (Lipinski definition) is 1. The van der Waals surface area contributed by atoms with Gasteiger partial charge in [-0.3, -0.25) is 4.98 Å². The fraction of sp³-hybridized carbons (Fsp3) is 0.267. The lowest BCUT2D eigenvalue weighted by atomic mass is 10.1. The number of aromatic nitrogens is 1. The van der Waals surface area contributed by atoms with Gasteiger partial charge in [-0.15, -0.1) is 0 Å². The van der Waals surface area contributed by atoms with Crippen molar-refractivity contribution in [2.24, 2.45) is 5.73 Å². The number of rotatable bonds is 4. The van der Waals surface area contributed by atoms with Gasteiger partial charge in [0, 0.05) is 31.0 Å². The van der Waals surface area contributed by atoms with Crippen LogP contribution in [0.5, 0.6) is 0 Å². The van der Waals surface area contributed by atoms with Crippen LogP contribution in [0.15, 0.2) is 42.6 Å². The zero-order valence-corrected chi connectivity index (χ0v) is 11.2. The summed E-state index contributed by atoms with van der Waals surface area (Å²) < 4.78 is 13.8. The van der Waals surface area contributed by atoms with Gasteiger partial charge >= 0.3 is 0 Å². The van der Waals surface area contributed by atoms with Crippen LogP contribution in [-0.4, -0.2) is 12.0 Å². The summed E-state index contributed by atoms with van der Waals surface area (Å²) in [6.45, 7) is 2.37. The second kappa shape index (κ2) is 5.80. The summed E-state index contributed by atoms with van der Waals surface area (Å²) in [5.41, 5.74) is 8.07. The Morgan fingerprint density at radius 3 is 2.74 bits per heavy atom. The van der Waals surface area contributed by atoms with Crippen LogP contribution in [0.1, 0.15) is 24.2 Å². The molecule has 3 nitrogen and oxygen atoms in total. The van der Waals surface area contributed by atoms with E-state index < -0.39 is 0 Å². The molecule has 19 heavy (non-hydrogen) atoms. The second-order valence-electron chi connectivity index (χ2n) is 4.52. The number of hydrogen-bond acceptors (Lipinski definition) is 3.